The monoisotopic (exact) mass is 499 g/mol. The number of hydrogen-bond donors (Lipinski definition) is 1. The summed E-state index contributed by atoms with van der Waals surface area (Å²) in [5.74, 6) is 0. The van der Waals surface area contributed by atoms with E-state index in [4.69, 9.17) is 11.6 Å². The van der Waals surface area contributed by atoms with Crippen LogP contribution in [0.25, 0.3) is 22.2 Å². The van der Waals surface area contributed by atoms with Gasteiger partial charge in [0.2, 0.25) is 0 Å². The van der Waals surface area contributed by atoms with Gasteiger partial charge in [0.05, 0.1) is 45.8 Å². The van der Waals surface area contributed by atoms with E-state index in [2.05, 4.69) is 11.1 Å². The molecule has 168 valence electrons. The minimum absolute atomic E-state index is 0.0666. The highest BCUT2D eigenvalue weighted by atomic mass is 35.5. The first-order chi connectivity index (χ1) is 15.8. The van der Waals surface area contributed by atoms with E-state index >= 15 is 0 Å². The normalized spacial score (nSPS) is 17.8. The number of aryl methyl sites for hydroxylation is 1. The van der Waals surface area contributed by atoms with Crippen LogP contribution in [0.3, 0.4) is 0 Å². The molecule has 3 aromatic heterocycles. The summed E-state index contributed by atoms with van der Waals surface area (Å²) in [6.07, 6.45) is 0. The van der Waals surface area contributed by atoms with Gasteiger partial charge in [-0.05, 0) is 12.1 Å². The van der Waals surface area contributed by atoms with Gasteiger partial charge in [-0.2, -0.15) is 5.26 Å². The second-order valence-electron chi connectivity index (χ2n) is 7.80. The Bertz CT molecular complexity index is 1580. The van der Waals surface area contributed by atoms with Gasteiger partial charge in [0, 0.05) is 36.8 Å². The van der Waals surface area contributed by atoms with Crippen molar-refractivity contribution >= 4 is 45.6 Å². The summed E-state index contributed by atoms with van der Waals surface area (Å²) in [7, 11) is 3.11. The number of hydrogen-bond acceptors (Lipinski definition) is 7. The third-order valence-electron chi connectivity index (χ3n) is 5.85. The summed E-state index contributed by atoms with van der Waals surface area (Å²) >= 11 is 9.06. The number of aromatic nitrogens is 4. The number of aliphatic hydroxyl groups excluding tert-OH is 1. The molecule has 4 aromatic rings. The fraction of sp³-hybridized carbons (Fsp3) is 0.273. The Morgan fingerprint density at radius 3 is 2.76 bits per heavy atom. The number of aliphatic hydroxyl groups is 1. The van der Waals surface area contributed by atoms with E-state index in [1.54, 1.807) is 30.6 Å². The Balaban J connectivity index is 1.97. The summed E-state index contributed by atoms with van der Waals surface area (Å²) < 4.78 is 4.58. The molecule has 0 amide bonds. The van der Waals surface area contributed by atoms with Crippen LogP contribution in [0.5, 0.6) is 0 Å². The van der Waals surface area contributed by atoms with Crippen molar-refractivity contribution < 1.29 is 5.11 Å². The van der Waals surface area contributed by atoms with Crippen molar-refractivity contribution in [2.45, 2.75) is 17.0 Å². The molecule has 0 saturated heterocycles. The number of fused-ring (bicyclic) bond motifs is 3. The highest BCUT2D eigenvalue weighted by molar-refractivity contribution is 8.00. The molecule has 1 N–H and O–H groups in total. The number of nitrogens with zero attached hydrogens (tertiary/aromatic N) is 5. The quantitative estimate of drug-likeness (QED) is 0.464. The third-order valence-corrected chi connectivity index (χ3v) is 8.64. The van der Waals surface area contributed by atoms with Gasteiger partial charge in [0.25, 0.3) is 5.56 Å². The average molecular weight is 500 g/mol. The van der Waals surface area contributed by atoms with Gasteiger partial charge in [-0.1, -0.05) is 23.7 Å². The second-order valence-corrected chi connectivity index (χ2v) is 10.5. The van der Waals surface area contributed by atoms with Crippen LogP contribution in [0.15, 0.2) is 39.2 Å². The van der Waals surface area contributed by atoms with E-state index in [-0.39, 0.29) is 17.1 Å². The largest absolute Gasteiger partial charge is 0.395 e. The molecule has 1 aliphatic heterocycles. The van der Waals surface area contributed by atoms with Crippen LogP contribution in [0.2, 0.25) is 5.15 Å². The van der Waals surface area contributed by atoms with Crippen molar-refractivity contribution in [3.63, 3.8) is 0 Å². The minimum atomic E-state index is -0.427. The van der Waals surface area contributed by atoms with Crippen LogP contribution in [-0.4, -0.2) is 35.6 Å². The number of nitriles is 1. The molecule has 1 aromatic carbocycles. The molecule has 0 radical (unpaired) electrons. The zero-order valence-corrected chi connectivity index (χ0v) is 20.0. The number of rotatable bonds is 3. The second kappa shape index (κ2) is 8.18. The van der Waals surface area contributed by atoms with Gasteiger partial charge in [-0.3, -0.25) is 13.9 Å². The Kier molecular flexibility index (Phi) is 5.45. The molecule has 5 rings (SSSR count). The van der Waals surface area contributed by atoms with Crippen molar-refractivity contribution in [1.29, 1.82) is 5.26 Å². The lowest BCUT2D eigenvalue weighted by Crippen LogP contribution is -2.37. The lowest BCUT2D eigenvalue weighted by molar-refractivity contribution is 0.284. The highest BCUT2D eigenvalue weighted by Gasteiger charge is 2.37. The predicted molar refractivity (Wildman–Crippen MR) is 130 cm³/mol. The molecule has 2 atom stereocenters. The van der Waals surface area contributed by atoms with Crippen molar-refractivity contribution in [2.24, 2.45) is 14.1 Å². The van der Waals surface area contributed by atoms with Crippen molar-refractivity contribution in [3.05, 3.63) is 71.9 Å². The van der Waals surface area contributed by atoms with Crippen LogP contribution in [-0.2, 0) is 20.6 Å². The molecule has 8 nitrogen and oxygen atoms in total. The maximum atomic E-state index is 13.4. The Morgan fingerprint density at radius 1 is 1.30 bits per heavy atom. The van der Waals surface area contributed by atoms with E-state index in [1.807, 2.05) is 10.6 Å². The van der Waals surface area contributed by atoms with Crippen LogP contribution in [0, 0.1) is 11.3 Å². The van der Waals surface area contributed by atoms with Crippen LogP contribution in [0.4, 0.5) is 0 Å². The minimum Gasteiger partial charge on any atom is -0.395 e. The van der Waals surface area contributed by atoms with E-state index in [9.17, 15) is 20.0 Å². The Morgan fingerprint density at radius 2 is 2.09 bits per heavy atom. The summed E-state index contributed by atoms with van der Waals surface area (Å²) in [5.41, 5.74) is 2.24. The maximum Gasteiger partial charge on any atom is 0.331 e. The maximum absolute atomic E-state index is 13.4. The third kappa shape index (κ3) is 3.35. The molecule has 0 unspecified atom stereocenters. The van der Waals surface area contributed by atoms with Gasteiger partial charge in [-0.25, -0.2) is 9.78 Å². The summed E-state index contributed by atoms with van der Waals surface area (Å²) in [5, 5.41) is 22.3. The molecule has 0 fully saturated rings. The molecule has 0 spiro atoms. The lowest BCUT2D eigenvalue weighted by Gasteiger charge is -2.30. The van der Waals surface area contributed by atoms with Gasteiger partial charge >= 0.3 is 5.69 Å². The summed E-state index contributed by atoms with van der Waals surface area (Å²) in [6, 6.07) is 9.20. The smallest absolute Gasteiger partial charge is 0.331 e. The van der Waals surface area contributed by atoms with Crippen molar-refractivity contribution in [1.82, 2.24) is 18.7 Å². The number of halogens is 1. The molecule has 1 aliphatic rings. The van der Waals surface area contributed by atoms with Gasteiger partial charge in [0.1, 0.15) is 10.2 Å². The summed E-state index contributed by atoms with van der Waals surface area (Å²) in [4.78, 5) is 30.8. The number of thiazole rings is 1. The van der Waals surface area contributed by atoms with E-state index in [0.717, 1.165) is 15.3 Å². The fourth-order valence-corrected chi connectivity index (χ4v) is 6.91. The SMILES string of the molecule is Cn1c(=O)c2c(-c3cccc(C#N)c3)n3c(c2n(C)c1=O)[C@H](c1nc(Cl)cs1)S[C@H](CO)C3. The van der Waals surface area contributed by atoms with Gasteiger partial charge in [-0.15, -0.1) is 23.1 Å². The average Bonchev–Trinajstić information content (AvgIpc) is 3.42. The summed E-state index contributed by atoms with van der Waals surface area (Å²) in [6.45, 7) is 0.368. The highest BCUT2D eigenvalue weighted by Crippen LogP contribution is 2.49. The zero-order valence-electron chi connectivity index (χ0n) is 17.6. The fourth-order valence-electron chi connectivity index (χ4n) is 4.40. The molecular weight excluding hydrogens is 482 g/mol. The number of benzene rings is 1. The molecule has 33 heavy (non-hydrogen) atoms. The molecule has 11 heteroatoms. The van der Waals surface area contributed by atoms with E-state index in [0.29, 0.717) is 39.4 Å². The van der Waals surface area contributed by atoms with Gasteiger partial charge < -0.3 is 9.67 Å². The first-order valence-electron chi connectivity index (χ1n) is 10.1. The topological polar surface area (TPSA) is 106 Å². The molecule has 0 saturated carbocycles. The van der Waals surface area contributed by atoms with Gasteiger partial charge in [0.15, 0.2) is 0 Å². The van der Waals surface area contributed by atoms with Crippen LogP contribution >= 0.6 is 34.7 Å². The van der Waals surface area contributed by atoms with Crippen LogP contribution in [0.1, 0.15) is 21.5 Å². The van der Waals surface area contributed by atoms with Crippen molar-refractivity contribution in [3.8, 4) is 17.3 Å². The Labute approximate surface area is 201 Å². The van der Waals surface area contributed by atoms with E-state index < -0.39 is 11.2 Å². The van der Waals surface area contributed by atoms with E-state index in [1.165, 1.54) is 34.7 Å². The number of thioether (sulfide) groups is 1. The Hall–Kier alpha value is -2.84. The first kappa shape index (κ1) is 22.0. The lowest BCUT2D eigenvalue weighted by atomic mass is 10.1. The zero-order chi connectivity index (χ0) is 23.4. The van der Waals surface area contributed by atoms with Crippen LogP contribution < -0.4 is 11.2 Å². The predicted octanol–water partition coefficient (Wildman–Crippen LogP) is 2.88. The molecule has 0 aliphatic carbocycles. The standard InChI is InChI=1S/C22H18ClN5O3S2/c1-26-17-15(21(30)27(2)22(26)31)16(12-5-3-4-11(6-12)7-24)28-8-13(9-29)33-19(18(17)28)20-25-14(23)10-32-20/h3-6,10,13,19,29H,8-9H2,1-2H3/t13-,19+/m0/s1. The molecule has 4 heterocycles. The molecule has 0 bridgehead atoms. The first-order valence-corrected chi connectivity index (χ1v) is 12.3. The molecular formula is C22H18ClN5O3S2. The van der Waals surface area contributed by atoms with Crippen molar-refractivity contribution in [2.75, 3.05) is 6.61 Å².